The summed E-state index contributed by atoms with van der Waals surface area (Å²) in [7, 11) is 3.22. The first-order valence-electron chi connectivity index (χ1n) is 14.9. The Balaban J connectivity index is 1.51. The second-order valence-electron chi connectivity index (χ2n) is 11.5. The number of anilines is 1. The maximum Gasteiger partial charge on any atom is 0.410 e. The van der Waals surface area contributed by atoms with E-state index < -0.39 is 29.8 Å². The summed E-state index contributed by atoms with van der Waals surface area (Å²) in [5.74, 6) is 2.09. The lowest BCUT2D eigenvalue weighted by molar-refractivity contribution is -0.161. The SMILES string of the molecule is CCCCOC(=O)N1CC(c2nc(Br)c3c(NCc4ccc(OC)cc4OC)nccn23)OCC1COCC(=O)OC(C)(C)C. The Morgan fingerprint density at radius 2 is 2.00 bits per heavy atom. The zero-order valence-electron chi connectivity index (χ0n) is 26.6. The van der Waals surface area contributed by atoms with Crippen LogP contribution in [0.3, 0.4) is 0 Å². The number of ether oxygens (including phenoxy) is 6. The summed E-state index contributed by atoms with van der Waals surface area (Å²) in [6.45, 7) is 8.31. The molecule has 45 heavy (non-hydrogen) atoms. The predicted molar refractivity (Wildman–Crippen MR) is 170 cm³/mol. The van der Waals surface area contributed by atoms with Crippen LogP contribution in [0.2, 0.25) is 0 Å². The number of carbonyl (C=O) groups is 2. The standard InChI is InChI=1S/C31H42BrN5O8/c1-7-8-13-43-30(39)37-16-24(44-18-21(37)17-42-19-25(38)45-31(2,3)4)29-35-27(32)26-28(33-11-12-36(26)29)34-15-20-9-10-22(40-5)14-23(20)41-6/h9-12,14,21,24H,7-8,13,15-19H2,1-6H3,(H,33,34). The Hall–Kier alpha value is -3.62. The van der Waals surface area contributed by atoms with Gasteiger partial charge in [-0.1, -0.05) is 13.3 Å². The number of nitrogens with one attached hydrogen (secondary N) is 1. The minimum Gasteiger partial charge on any atom is -0.497 e. The zero-order valence-corrected chi connectivity index (χ0v) is 28.2. The number of esters is 1. The van der Waals surface area contributed by atoms with Gasteiger partial charge in [0.25, 0.3) is 0 Å². The van der Waals surface area contributed by atoms with E-state index >= 15 is 0 Å². The molecule has 0 radical (unpaired) electrons. The lowest BCUT2D eigenvalue weighted by atomic mass is 10.2. The number of halogens is 1. The van der Waals surface area contributed by atoms with Crippen molar-refractivity contribution in [1.29, 1.82) is 0 Å². The Morgan fingerprint density at radius 1 is 1.20 bits per heavy atom. The molecule has 0 bridgehead atoms. The first kappa shape index (κ1) is 34.3. The molecule has 1 fully saturated rings. The van der Waals surface area contributed by atoms with Gasteiger partial charge in [-0.15, -0.1) is 0 Å². The quantitative estimate of drug-likeness (QED) is 0.188. The van der Waals surface area contributed by atoms with E-state index in [1.807, 2.05) is 29.5 Å². The van der Waals surface area contributed by atoms with Crippen molar-refractivity contribution in [2.75, 3.05) is 52.5 Å². The smallest absolute Gasteiger partial charge is 0.410 e. The minimum absolute atomic E-state index is 0.0771. The fourth-order valence-corrected chi connectivity index (χ4v) is 5.37. The average Bonchev–Trinajstić information content (AvgIpc) is 3.36. The van der Waals surface area contributed by atoms with Gasteiger partial charge in [0.15, 0.2) is 5.82 Å². The monoisotopic (exact) mass is 691 g/mol. The molecule has 246 valence electrons. The van der Waals surface area contributed by atoms with E-state index in [1.54, 1.807) is 52.3 Å². The van der Waals surface area contributed by atoms with Crippen LogP contribution in [-0.4, -0.2) is 90.2 Å². The van der Waals surface area contributed by atoms with Gasteiger partial charge in [-0.05, 0) is 55.3 Å². The molecule has 1 aliphatic heterocycles. The van der Waals surface area contributed by atoms with Crippen LogP contribution >= 0.6 is 15.9 Å². The number of hydrogen-bond acceptors (Lipinski definition) is 11. The molecule has 1 saturated heterocycles. The summed E-state index contributed by atoms with van der Waals surface area (Å²) >= 11 is 3.60. The lowest BCUT2D eigenvalue weighted by Gasteiger charge is -2.38. The number of morpholine rings is 1. The first-order chi connectivity index (χ1) is 21.5. The van der Waals surface area contributed by atoms with Gasteiger partial charge in [0.05, 0.1) is 46.6 Å². The van der Waals surface area contributed by atoms with Gasteiger partial charge in [0.1, 0.15) is 45.8 Å². The van der Waals surface area contributed by atoms with Crippen LogP contribution in [0.15, 0.2) is 35.2 Å². The highest BCUT2D eigenvalue weighted by molar-refractivity contribution is 9.10. The van der Waals surface area contributed by atoms with Gasteiger partial charge in [-0.2, -0.15) is 0 Å². The summed E-state index contributed by atoms with van der Waals surface area (Å²) in [4.78, 5) is 36.3. The fraction of sp³-hybridized carbons (Fsp3) is 0.548. The molecule has 1 aliphatic rings. The summed E-state index contributed by atoms with van der Waals surface area (Å²) < 4.78 is 36.1. The fourth-order valence-electron chi connectivity index (χ4n) is 4.80. The van der Waals surface area contributed by atoms with Gasteiger partial charge in [-0.3, -0.25) is 9.30 Å². The first-order valence-corrected chi connectivity index (χ1v) is 15.7. The van der Waals surface area contributed by atoms with Crippen molar-refractivity contribution in [3.05, 3.63) is 46.6 Å². The molecule has 0 saturated carbocycles. The number of benzene rings is 1. The Morgan fingerprint density at radius 3 is 2.71 bits per heavy atom. The third-order valence-electron chi connectivity index (χ3n) is 6.97. The number of unbranched alkanes of at least 4 members (excludes halogenated alkanes) is 1. The molecule has 1 amide bonds. The number of nitrogens with zero attached hydrogens (tertiary/aromatic N) is 4. The highest BCUT2D eigenvalue weighted by Gasteiger charge is 2.37. The van der Waals surface area contributed by atoms with Gasteiger partial charge >= 0.3 is 12.1 Å². The van der Waals surface area contributed by atoms with Crippen molar-refractivity contribution in [2.24, 2.45) is 0 Å². The molecule has 3 aromatic rings. The number of imidazole rings is 1. The number of hydrogen-bond donors (Lipinski definition) is 1. The molecule has 1 aromatic carbocycles. The minimum atomic E-state index is -0.620. The Kier molecular flexibility index (Phi) is 11.9. The van der Waals surface area contributed by atoms with Gasteiger partial charge < -0.3 is 33.7 Å². The number of amides is 1. The van der Waals surface area contributed by atoms with E-state index in [-0.39, 0.29) is 26.4 Å². The second kappa shape index (κ2) is 15.6. The van der Waals surface area contributed by atoms with Gasteiger partial charge in [-0.25, -0.2) is 19.6 Å². The van der Waals surface area contributed by atoms with E-state index in [2.05, 4.69) is 26.2 Å². The Labute approximate surface area is 271 Å². The van der Waals surface area contributed by atoms with Gasteiger partial charge in [0, 0.05) is 30.6 Å². The molecule has 2 atom stereocenters. The van der Waals surface area contributed by atoms with Crippen LogP contribution in [0.1, 0.15) is 58.0 Å². The summed E-state index contributed by atoms with van der Waals surface area (Å²) in [6, 6.07) is 5.16. The Bertz CT molecular complexity index is 1460. The zero-order chi connectivity index (χ0) is 32.6. The molecule has 2 unspecified atom stereocenters. The summed E-state index contributed by atoms with van der Waals surface area (Å²) in [5, 5.41) is 3.38. The van der Waals surface area contributed by atoms with E-state index in [0.717, 1.165) is 18.4 Å². The molecular formula is C31H42BrN5O8. The van der Waals surface area contributed by atoms with Crippen LogP contribution in [0.4, 0.5) is 10.6 Å². The van der Waals surface area contributed by atoms with E-state index in [4.69, 9.17) is 33.4 Å². The largest absolute Gasteiger partial charge is 0.497 e. The molecule has 3 heterocycles. The van der Waals surface area contributed by atoms with E-state index in [9.17, 15) is 9.59 Å². The topological polar surface area (TPSA) is 135 Å². The third-order valence-corrected chi connectivity index (χ3v) is 7.52. The van der Waals surface area contributed by atoms with Crippen molar-refractivity contribution in [3.8, 4) is 11.5 Å². The van der Waals surface area contributed by atoms with Crippen LogP contribution in [0, 0.1) is 0 Å². The van der Waals surface area contributed by atoms with Crippen molar-refractivity contribution < 1.29 is 38.0 Å². The normalized spacial score (nSPS) is 16.8. The average molecular weight is 693 g/mol. The molecule has 4 rings (SSSR count). The van der Waals surface area contributed by atoms with Crippen LogP contribution in [0.25, 0.3) is 5.52 Å². The molecule has 2 aromatic heterocycles. The van der Waals surface area contributed by atoms with Crippen LogP contribution in [-0.2, 0) is 30.3 Å². The van der Waals surface area contributed by atoms with Crippen molar-refractivity contribution in [3.63, 3.8) is 0 Å². The van der Waals surface area contributed by atoms with Crippen molar-refractivity contribution in [2.45, 2.75) is 64.8 Å². The van der Waals surface area contributed by atoms with Crippen molar-refractivity contribution in [1.82, 2.24) is 19.3 Å². The number of fused-ring (bicyclic) bond motifs is 1. The van der Waals surface area contributed by atoms with Gasteiger partial charge in [0.2, 0.25) is 0 Å². The van der Waals surface area contributed by atoms with Crippen LogP contribution < -0.4 is 14.8 Å². The molecule has 1 N–H and O–H groups in total. The molecule has 0 aliphatic carbocycles. The lowest BCUT2D eigenvalue weighted by Crippen LogP contribution is -2.52. The second-order valence-corrected chi connectivity index (χ2v) is 12.2. The number of carbonyl (C=O) groups excluding carboxylic acids is 2. The maximum atomic E-state index is 13.2. The van der Waals surface area contributed by atoms with Crippen molar-refractivity contribution >= 4 is 39.3 Å². The third kappa shape index (κ3) is 8.98. The van der Waals surface area contributed by atoms with E-state index in [1.165, 1.54) is 0 Å². The maximum absolute atomic E-state index is 13.2. The molecule has 14 heteroatoms. The summed E-state index contributed by atoms with van der Waals surface area (Å²) in [5.41, 5.74) is 1.01. The number of aromatic nitrogens is 3. The molecule has 13 nitrogen and oxygen atoms in total. The molecule has 0 spiro atoms. The van der Waals surface area contributed by atoms with E-state index in [0.29, 0.717) is 46.4 Å². The van der Waals surface area contributed by atoms with Crippen LogP contribution in [0.5, 0.6) is 11.5 Å². The number of rotatable bonds is 13. The molecular weight excluding hydrogens is 650 g/mol. The highest BCUT2D eigenvalue weighted by atomic mass is 79.9. The number of methoxy groups -OCH3 is 2. The highest BCUT2D eigenvalue weighted by Crippen LogP contribution is 2.32. The summed E-state index contributed by atoms with van der Waals surface area (Å²) in [6.07, 6.45) is 4.07. The predicted octanol–water partition coefficient (Wildman–Crippen LogP) is 5.16.